The van der Waals surface area contributed by atoms with Crippen molar-refractivity contribution in [1.29, 1.82) is 0 Å². The molecule has 122 valence electrons. The van der Waals surface area contributed by atoms with Crippen molar-refractivity contribution in [3.8, 4) is 0 Å². The van der Waals surface area contributed by atoms with E-state index in [0.717, 1.165) is 9.80 Å². The topological polar surface area (TPSA) is 53.0 Å². The molecular weight excluding hydrogens is 384 g/mol. The molecule has 1 heterocycles. The van der Waals surface area contributed by atoms with Crippen LogP contribution in [-0.2, 0) is 4.79 Å². The highest BCUT2D eigenvalue weighted by Crippen LogP contribution is 2.35. The molecule has 1 aromatic rings. The Kier molecular flexibility index (Phi) is 5.57. The number of anilines is 1. The third kappa shape index (κ3) is 3.80. The van der Waals surface area contributed by atoms with E-state index < -0.39 is 21.2 Å². The summed E-state index contributed by atoms with van der Waals surface area (Å²) < 4.78 is -1.92. The first-order valence-corrected chi connectivity index (χ1v) is 7.95. The molecule has 1 saturated heterocycles. The Morgan fingerprint density at radius 1 is 1.22 bits per heavy atom. The zero-order chi connectivity index (χ0) is 17.2. The van der Waals surface area contributed by atoms with Crippen molar-refractivity contribution in [1.82, 2.24) is 4.90 Å². The van der Waals surface area contributed by atoms with E-state index >= 15 is 0 Å². The maximum absolute atomic E-state index is 12.5. The van der Waals surface area contributed by atoms with Crippen LogP contribution >= 0.6 is 46.4 Å². The summed E-state index contributed by atoms with van der Waals surface area (Å²) >= 11 is 23.0. The number of amidine groups is 1. The van der Waals surface area contributed by atoms with Crippen molar-refractivity contribution < 1.29 is 9.59 Å². The Bertz CT molecular complexity index is 658. The standard InChI is InChI=1S/C14H11Cl4N3O2/c1-2-8-20-11(22)10(19-12(15)14(16,17)18)21(13(20)23)9-6-4-3-5-7-9/h2-7,12H,1,8H2/b19-10+. The predicted molar refractivity (Wildman–Crippen MR) is 93.6 cm³/mol. The third-order valence-electron chi connectivity index (χ3n) is 2.90. The number of hydrogen-bond acceptors (Lipinski definition) is 3. The lowest BCUT2D eigenvalue weighted by molar-refractivity contribution is -0.120. The van der Waals surface area contributed by atoms with E-state index in [1.54, 1.807) is 30.3 Å². The number of alkyl halides is 4. The van der Waals surface area contributed by atoms with Crippen molar-refractivity contribution in [2.24, 2.45) is 4.99 Å². The quantitative estimate of drug-likeness (QED) is 0.335. The number of carbonyl (C=O) groups is 2. The highest BCUT2D eigenvalue weighted by Gasteiger charge is 2.44. The lowest BCUT2D eigenvalue weighted by Gasteiger charge is -2.18. The normalized spacial score (nSPS) is 18.7. The zero-order valence-corrected chi connectivity index (χ0v) is 14.6. The molecule has 0 saturated carbocycles. The van der Waals surface area contributed by atoms with E-state index in [1.165, 1.54) is 6.08 Å². The Labute approximate surface area is 153 Å². The van der Waals surface area contributed by atoms with E-state index in [0.29, 0.717) is 5.69 Å². The number of nitrogens with zero attached hydrogens (tertiary/aromatic N) is 3. The number of imide groups is 1. The van der Waals surface area contributed by atoms with Gasteiger partial charge in [-0.3, -0.25) is 9.69 Å². The number of aliphatic imine (C=N–C) groups is 1. The summed E-state index contributed by atoms with van der Waals surface area (Å²) in [7, 11) is 0. The summed E-state index contributed by atoms with van der Waals surface area (Å²) in [5, 5.41) is 0. The van der Waals surface area contributed by atoms with Gasteiger partial charge in [-0.1, -0.05) is 70.7 Å². The van der Waals surface area contributed by atoms with Gasteiger partial charge in [-0.25, -0.2) is 14.7 Å². The lowest BCUT2D eigenvalue weighted by Crippen LogP contribution is -2.34. The van der Waals surface area contributed by atoms with Gasteiger partial charge < -0.3 is 0 Å². The van der Waals surface area contributed by atoms with Crippen LogP contribution in [0.1, 0.15) is 0 Å². The van der Waals surface area contributed by atoms with Gasteiger partial charge >= 0.3 is 6.03 Å². The van der Waals surface area contributed by atoms with E-state index in [4.69, 9.17) is 46.4 Å². The van der Waals surface area contributed by atoms with E-state index in [-0.39, 0.29) is 12.4 Å². The molecule has 0 N–H and O–H groups in total. The number of halogens is 4. The summed E-state index contributed by atoms with van der Waals surface area (Å²) in [5.41, 5.74) is -0.890. The van der Waals surface area contributed by atoms with Gasteiger partial charge in [0.05, 0.1) is 5.69 Å². The van der Waals surface area contributed by atoms with Gasteiger partial charge in [-0.2, -0.15) is 0 Å². The Morgan fingerprint density at radius 2 is 1.83 bits per heavy atom. The summed E-state index contributed by atoms with van der Waals surface area (Å²) in [4.78, 5) is 31.0. The van der Waals surface area contributed by atoms with Crippen LogP contribution in [0.3, 0.4) is 0 Å². The van der Waals surface area contributed by atoms with Gasteiger partial charge in [0.25, 0.3) is 5.91 Å². The van der Waals surface area contributed by atoms with Crippen LogP contribution in [-0.4, -0.2) is 38.5 Å². The van der Waals surface area contributed by atoms with Crippen LogP contribution in [0.15, 0.2) is 48.0 Å². The molecule has 0 aliphatic carbocycles. The van der Waals surface area contributed by atoms with Gasteiger partial charge in [-0.05, 0) is 12.1 Å². The van der Waals surface area contributed by atoms with Crippen LogP contribution in [0.25, 0.3) is 0 Å². The number of rotatable bonds is 4. The SMILES string of the molecule is C=CCN1C(=O)/C(=N\C(Cl)C(Cl)(Cl)Cl)N(c2ccccc2)C1=O. The van der Waals surface area contributed by atoms with Crippen LogP contribution < -0.4 is 4.90 Å². The van der Waals surface area contributed by atoms with E-state index in [9.17, 15) is 9.59 Å². The highest BCUT2D eigenvalue weighted by atomic mass is 35.6. The fourth-order valence-corrected chi connectivity index (χ4v) is 2.15. The largest absolute Gasteiger partial charge is 0.337 e. The average Bonchev–Trinajstić information content (AvgIpc) is 2.72. The first-order valence-electron chi connectivity index (χ1n) is 6.38. The number of urea groups is 1. The van der Waals surface area contributed by atoms with Crippen LogP contribution in [0.2, 0.25) is 0 Å². The van der Waals surface area contributed by atoms with Crippen molar-refractivity contribution in [3.63, 3.8) is 0 Å². The second-order valence-corrected chi connectivity index (χ2v) is 7.27. The molecule has 3 amide bonds. The summed E-state index contributed by atoms with van der Waals surface area (Å²) in [6.07, 6.45) is 1.43. The summed E-state index contributed by atoms with van der Waals surface area (Å²) in [5.74, 6) is -0.854. The van der Waals surface area contributed by atoms with Crippen LogP contribution in [0.5, 0.6) is 0 Å². The number of carbonyl (C=O) groups excluding carboxylic acids is 2. The molecule has 1 unspecified atom stereocenters. The Balaban J connectivity index is 2.51. The molecule has 0 radical (unpaired) electrons. The maximum Gasteiger partial charge on any atom is 0.337 e. The minimum absolute atomic E-state index is 0.0285. The molecular formula is C14H11Cl4N3O2. The summed E-state index contributed by atoms with van der Waals surface area (Å²) in [6.45, 7) is 3.55. The minimum Gasteiger partial charge on any atom is -0.265 e. The Morgan fingerprint density at radius 3 is 2.35 bits per heavy atom. The molecule has 1 atom stereocenters. The molecule has 2 rings (SSSR count). The summed E-state index contributed by atoms with van der Waals surface area (Å²) in [6, 6.07) is 7.93. The van der Waals surface area contributed by atoms with Crippen LogP contribution in [0, 0.1) is 0 Å². The van der Waals surface area contributed by atoms with Crippen LogP contribution in [0.4, 0.5) is 10.5 Å². The maximum atomic E-state index is 12.5. The fourth-order valence-electron chi connectivity index (χ4n) is 1.91. The number of hydrogen-bond donors (Lipinski definition) is 0. The van der Waals surface area contributed by atoms with E-state index in [1.807, 2.05) is 0 Å². The van der Waals surface area contributed by atoms with Crippen molar-refractivity contribution in [2.75, 3.05) is 11.4 Å². The molecule has 1 aliphatic rings. The average molecular weight is 395 g/mol. The van der Waals surface area contributed by atoms with Gasteiger partial charge in [0.2, 0.25) is 9.63 Å². The Hall–Kier alpha value is -1.27. The number of amides is 3. The lowest BCUT2D eigenvalue weighted by atomic mass is 10.3. The molecule has 0 spiro atoms. The first kappa shape index (κ1) is 18.1. The predicted octanol–water partition coefficient (Wildman–Crippen LogP) is 3.97. The minimum atomic E-state index is -1.92. The molecule has 9 heteroatoms. The van der Waals surface area contributed by atoms with Crippen molar-refractivity contribution in [3.05, 3.63) is 43.0 Å². The van der Waals surface area contributed by atoms with Crippen molar-refractivity contribution >= 4 is 69.9 Å². The van der Waals surface area contributed by atoms with Gasteiger partial charge in [-0.15, -0.1) is 6.58 Å². The monoisotopic (exact) mass is 393 g/mol. The molecule has 1 aliphatic heterocycles. The zero-order valence-electron chi connectivity index (χ0n) is 11.6. The van der Waals surface area contributed by atoms with Gasteiger partial charge in [0.15, 0.2) is 5.50 Å². The number of para-hydroxylation sites is 1. The second-order valence-electron chi connectivity index (χ2n) is 4.49. The molecule has 1 aromatic carbocycles. The smallest absolute Gasteiger partial charge is 0.265 e. The number of benzene rings is 1. The fraction of sp³-hybridized carbons (Fsp3) is 0.214. The highest BCUT2D eigenvalue weighted by molar-refractivity contribution is 6.70. The second kappa shape index (κ2) is 7.09. The van der Waals surface area contributed by atoms with Crippen molar-refractivity contribution in [2.45, 2.75) is 9.29 Å². The van der Waals surface area contributed by atoms with E-state index in [2.05, 4.69) is 11.6 Å². The molecule has 23 heavy (non-hydrogen) atoms. The molecule has 0 aromatic heterocycles. The molecule has 5 nitrogen and oxygen atoms in total. The van der Waals surface area contributed by atoms with Gasteiger partial charge in [0.1, 0.15) is 0 Å². The van der Waals surface area contributed by atoms with Gasteiger partial charge in [0, 0.05) is 6.54 Å². The molecule has 1 fully saturated rings. The first-order chi connectivity index (χ1) is 10.8. The third-order valence-corrected chi connectivity index (χ3v) is 4.28. The molecule has 0 bridgehead atoms.